The van der Waals surface area contributed by atoms with Crippen LogP contribution in [0.5, 0.6) is 0 Å². The first-order valence-corrected chi connectivity index (χ1v) is 13.5. The largest absolute Gasteiger partial charge is 0.490 e. The fourth-order valence-electron chi connectivity index (χ4n) is 6.57. The second-order valence-corrected chi connectivity index (χ2v) is 13.1. The summed E-state index contributed by atoms with van der Waals surface area (Å²) in [6.07, 6.45) is 5.90. The van der Waals surface area contributed by atoms with E-state index in [2.05, 4.69) is 6.08 Å². The Morgan fingerprint density at radius 3 is 2.22 bits per heavy atom. The molecule has 200 valence electrons. The molecule has 0 saturated heterocycles. The van der Waals surface area contributed by atoms with Gasteiger partial charge in [-0.3, -0.25) is 14.4 Å². The molecule has 1 heterocycles. The molecule has 36 heavy (non-hydrogen) atoms. The second-order valence-electron chi connectivity index (χ2n) is 13.1. The highest BCUT2D eigenvalue weighted by Gasteiger charge is 2.76. The number of allylic oxidation sites excluding steroid dienone is 5. The van der Waals surface area contributed by atoms with Gasteiger partial charge in [-0.25, -0.2) is 0 Å². The van der Waals surface area contributed by atoms with Crippen molar-refractivity contribution in [1.82, 2.24) is 0 Å². The first kappa shape index (κ1) is 28.6. The van der Waals surface area contributed by atoms with E-state index in [1.807, 2.05) is 61.5 Å². The van der Waals surface area contributed by atoms with Crippen molar-refractivity contribution in [1.29, 1.82) is 0 Å². The summed E-state index contributed by atoms with van der Waals surface area (Å²) in [5, 5.41) is 10.8. The summed E-state index contributed by atoms with van der Waals surface area (Å²) in [6.45, 7) is 19.1. The Kier molecular flexibility index (Phi) is 7.44. The van der Waals surface area contributed by atoms with Gasteiger partial charge < -0.3 is 9.84 Å². The molecule has 1 aliphatic heterocycles. The van der Waals surface area contributed by atoms with Gasteiger partial charge in [0.1, 0.15) is 11.9 Å². The van der Waals surface area contributed by atoms with Crippen LogP contribution in [0.2, 0.25) is 0 Å². The number of ketones is 3. The van der Waals surface area contributed by atoms with Crippen molar-refractivity contribution in [3.05, 3.63) is 34.6 Å². The van der Waals surface area contributed by atoms with Crippen LogP contribution in [-0.4, -0.2) is 34.2 Å². The Bertz CT molecular complexity index is 1040. The molecule has 3 aliphatic rings. The average molecular weight is 499 g/mol. The van der Waals surface area contributed by atoms with E-state index in [-0.39, 0.29) is 29.7 Å². The minimum Gasteiger partial charge on any atom is -0.490 e. The topological polar surface area (TPSA) is 80.7 Å². The zero-order chi connectivity index (χ0) is 27.4. The van der Waals surface area contributed by atoms with E-state index in [9.17, 15) is 19.5 Å². The molecule has 1 N–H and O–H groups in total. The Hall–Kier alpha value is -2.01. The maximum Gasteiger partial charge on any atom is 0.184 e. The van der Waals surface area contributed by atoms with E-state index in [1.165, 1.54) is 5.57 Å². The van der Waals surface area contributed by atoms with Gasteiger partial charge in [-0.05, 0) is 78.6 Å². The number of ether oxygens (including phenoxy) is 1. The molecule has 3 rings (SSSR count). The van der Waals surface area contributed by atoms with Crippen LogP contribution >= 0.6 is 0 Å². The molecule has 5 atom stereocenters. The van der Waals surface area contributed by atoms with Crippen LogP contribution in [0.15, 0.2) is 34.6 Å². The van der Waals surface area contributed by atoms with Crippen molar-refractivity contribution in [2.45, 2.75) is 113 Å². The highest BCUT2D eigenvalue weighted by molar-refractivity contribution is 6.33. The van der Waals surface area contributed by atoms with Crippen LogP contribution in [0.3, 0.4) is 0 Å². The van der Waals surface area contributed by atoms with E-state index in [1.54, 1.807) is 13.8 Å². The quantitative estimate of drug-likeness (QED) is 0.314. The van der Waals surface area contributed by atoms with Crippen molar-refractivity contribution in [2.75, 3.05) is 0 Å². The first-order valence-electron chi connectivity index (χ1n) is 13.5. The molecule has 2 aliphatic carbocycles. The number of aliphatic hydroxyl groups is 1. The van der Waals surface area contributed by atoms with Gasteiger partial charge in [-0.2, -0.15) is 0 Å². The molecule has 0 aromatic heterocycles. The van der Waals surface area contributed by atoms with Crippen molar-refractivity contribution in [2.24, 2.45) is 28.1 Å². The number of hydrogen-bond acceptors (Lipinski definition) is 5. The highest BCUT2D eigenvalue weighted by Crippen LogP contribution is 2.67. The molecule has 0 radical (unpaired) electrons. The Labute approximate surface area is 217 Å². The zero-order valence-corrected chi connectivity index (χ0v) is 24.0. The lowest BCUT2D eigenvalue weighted by Gasteiger charge is -2.59. The fourth-order valence-corrected chi connectivity index (χ4v) is 6.57. The molecule has 0 aromatic carbocycles. The summed E-state index contributed by atoms with van der Waals surface area (Å²) in [7, 11) is 0. The molecule has 0 aromatic rings. The van der Waals surface area contributed by atoms with Crippen LogP contribution in [-0.2, 0) is 19.1 Å². The summed E-state index contributed by atoms with van der Waals surface area (Å²) in [6, 6.07) is 0. The van der Waals surface area contributed by atoms with Gasteiger partial charge in [0.15, 0.2) is 22.8 Å². The normalized spacial score (nSPS) is 32.0. The SMILES string of the molecule is CCC(C)C(=O)C12C(=O)C3=C(OC(C(C)(C)O)C3)C(CC=C(C)C)(CC(CC=C(C)C)C1(C)C)C2=O. The van der Waals surface area contributed by atoms with E-state index >= 15 is 0 Å². The lowest BCUT2D eigenvalue weighted by atomic mass is 9.39. The maximum absolute atomic E-state index is 14.9. The molecule has 2 bridgehead atoms. The standard InChI is InChI=1S/C31H46O5/c1-11-20(6)24(32)31-25(33)22-16-23(29(9,10)35)36-26(22)30(27(31)34,15-14-19(4)5)17-21(28(31,7)8)13-12-18(2)3/h12,14,20-21,23,35H,11,13,15-17H2,1-10H3. The highest BCUT2D eigenvalue weighted by atomic mass is 16.5. The average Bonchev–Trinajstić information content (AvgIpc) is 3.23. The molecule has 1 saturated carbocycles. The van der Waals surface area contributed by atoms with Gasteiger partial charge in [0.25, 0.3) is 0 Å². The number of rotatable bonds is 8. The van der Waals surface area contributed by atoms with Crippen molar-refractivity contribution in [3.63, 3.8) is 0 Å². The van der Waals surface area contributed by atoms with Crippen LogP contribution in [0.4, 0.5) is 0 Å². The lowest BCUT2D eigenvalue weighted by molar-refractivity contribution is -0.178. The Balaban J connectivity index is 2.39. The molecule has 5 heteroatoms. The lowest BCUT2D eigenvalue weighted by Crippen LogP contribution is -2.70. The smallest absolute Gasteiger partial charge is 0.184 e. The number of carbonyl (C=O) groups is 3. The minimum absolute atomic E-state index is 0.0774. The van der Waals surface area contributed by atoms with Gasteiger partial charge in [0.05, 0.1) is 11.0 Å². The van der Waals surface area contributed by atoms with Gasteiger partial charge in [0.2, 0.25) is 0 Å². The zero-order valence-electron chi connectivity index (χ0n) is 24.0. The fraction of sp³-hybridized carbons (Fsp3) is 0.710. The van der Waals surface area contributed by atoms with E-state index in [0.29, 0.717) is 37.0 Å². The number of Topliss-reactive ketones (excluding diaryl/α,β-unsaturated/α-hetero) is 3. The van der Waals surface area contributed by atoms with Crippen molar-refractivity contribution >= 4 is 17.3 Å². The number of fused-ring (bicyclic) bond motifs is 3. The Morgan fingerprint density at radius 2 is 1.72 bits per heavy atom. The Morgan fingerprint density at radius 1 is 1.14 bits per heavy atom. The monoisotopic (exact) mass is 498 g/mol. The molecule has 5 unspecified atom stereocenters. The van der Waals surface area contributed by atoms with Crippen LogP contribution in [0.25, 0.3) is 0 Å². The summed E-state index contributed by atoms with van der Waals surface area (Å²) >= 11 is 0. The predicted octanol–water partition coefficient (Wildman–Crippen LogP) is 6.30. The van der Waals surface area contributed by atoms with Gasteiger partial charge in [-0.1, -0.05) is 51.0 Å². The van der Waals surface area contributed by atoms with Crippen LogP contribution in [0, 0.1) is 28.1 Å². The summed E-state index contributed by atoms with van der Waals surface area (Å²) < 4.78 is 6.38. The number of hydrogen-bond donors (Lipinski definition) is 1. The van der Waals surface area contributed by atoms with E-state index in [0.717, 1.165) is 5.57 Å². The first-order chi connectivity index (χ1) is 16.5. The van der Waals surface area contributed by atoms with Crippen LogP contribution < -0.4 is 0 Å². The third-order valence-corrected chi connectivity index (χ3v) is 9.22. The van der Waals surface area contributed by atoms with Gasteiger partial charge >= 0.3 is 0 Å². The molecule has 5 nitrogen and oxygen atoms in total. The summed E-state index contributed by atoms with van der Waals surface area (Å²) in [5.41, 5.74) is -2.25. The van der Waals surface area contributed by atoms with Crippen LogP contribution in [0.1, 0.15) is 101 Å². The molecular weight excluding hydrogens is 452 g/mol. The van der Waals surface area contributed by atoms with Gasteiger partial charge in [-0.15, -0.1) is 0 Å². The molecule has 0 amide bonds. The maximum atomic E-state index is 14.9. The number of carbonyl (C=O) groups excluding carboxylic acids is 3. The predicted molar refractivity (Wildman–Crippen MR) is 142 cm³/mol. The summed E-state index contributed by atoms with van der Waals surface area (Å²) in [4.78, 5) is 43.8. The molecule has 1 fully saturated rings. The second kappa shape index (κ2) is 9.38. The molecular formula is C31H46O5. The molecule has 0 spiro atoms. The van der Waals surface area contributed by atoms with E-state index in [4.69, 9.17) is 4.74 Å². The third-order valence-electron chi connectivity index (χ3n) is 9.22. The summed E-state index contributed by atoms with van der Waals surface area (Å²) in [5.74, 6) is -1.03. The van der Waals surface area contributed by atoms with E-state index < -0.39 is 33.9 Å². The van der Waals surface area contributed by atoms with Gasteiger partial charge in [0, 0.05) is 17.9 Å². The third kappa shape index (κ3) is 4.06. The minimum atomic E-state index is -1.76. The van der Waals surface area contributed by atoms with Crippen molar-refractivity contribution < 1.29 is 24.2 Å². The van der Waals surface area contributed by atoms with Crippen molar-refractivity contribution in [3.8, 4) is 0 Å².